The zero-order valence-corrected chi connectivity index (χ0v) is 32.7. The van der Waals surface area contributed by atoms with Crippen LogP contribution < -0.4 is 5.73 Å². The van der Waals surface area contributed by atoms with Crippen molar-refractivity contribution >= 4 is 19.8 Å². The summed E-state index contributed by atoms with van der Waals surface area (Å²) >= 11 is 0. The average Bonchev–Trinajstić information content (AvgIpc) is 3.11. The molecule has 0 aliphatic rings. The molecule has 0 bridgehead atoms. The number of ether oxygens (including phenoxy) is 2. The Morgan fingerprint density at radius 2 is 1.08 bits per heavy atom. The lowest BCUT2D eigenvalue weighted by atomic mass is 10.1. The van der Waals surface area contributed by atoms with E-state index in [1.165, 1.54) is 12.8 Å². The Kier molecular flexibility index (Phi) is 35.4. The standard InChI is InChI=1S/C41H70NO8P/c1-3-5-7-9-11-13-15-16-17-18-19-20-21-22-24-26-28-30-32-34-41(44)50-39(38-49-51(45,46)48-36-35-42)37-47-40(43)33-31-29-27-25-23-14-12-10-8-6-4-2/h5,7,10-13,16-17,19-20,22,24,39H,3-4,6,8-9,14-15,18,21,23,25-38,42H2,1-2H3,(H,45,46)/b7-5+,12-10+,13-11+,17-16+,20-19+,24-22+/t39-/m1/s1. The van der Waals surface area contributed by atoms with Crippen molar-refractivity contribution in [1.82, 2.24) is 0 Å². The van der Waals surface area contributed by atoms with Gasteiger partial charge in [0, 0.05) is 19.4 Å². The first-order chi connectivity index (χ1) is 24.8. The van der Waals surface area contributed by atoms with E-state index in [0.29, 0.717) is 12.8 Å². The van der Waals surface area contributed by atoms with Crippen LogP contribution in [0.25, 0.3) is 0 Å². The van der Waals surface area contributed by atoms with E-state index in [2.05, 4.69) is 86.8 Å². The van der Waals surface area contributed by atoms with Gasteiger partial charge in [-0.05, 0) is 77.0 Å². The Balaban J connectivity index is 4.30. The van der Waals surface area contributed by atoms with Crippen LogP contribution in [0.4, 0.5) is 0 Å². The molecule has 0 aliphatic carbocycles. The molecule has 10 heteroatoms. The van der Waals surface area contributed by atoms with E-state index in [4.69, 9.17) is 24.3 Å². The monoisotopic (exact) mass is 735 g/mol. The van der Waals surface area contributed by atoms with E-state index in [-0.39, 0.29) is 32.6 Å². The number of carbonyl (C=O) groups excluding carboxylic acids is 2. The molecule has 292 valence electrons. The minimum Gasteiger partial charge on any atom is -0.462 e. The second kappa shape index (κ2) is 37.2. The Bertz CT molecular complexity index is 1070. The Labute approximate surface area is 310 Å². The van der Waals surface area contributed by atoms with Crippen LogP contribution >= 0.6 is 7.82 Å². The second-order valence-corrected chi connectivity index (χ2v) is 13.9. The summed E-state index contributed by atoms with van der Waals surface area (Å²) < 4.78 is 32.6. The molecule has 0 rings (SSSR count). The highest BCUT2D eigenvalue weighted by Crippen LogP contribution is 2.43. The number of unbranched alkanes of at least 4 members (excludes halogenated alkanes) is 10. The SMILES string of the molecule is CC/C=C/C/C=C/C/C=C/C/C=C/C/C=C/CCCCCC(=O)O[C@H](COC(=O)CCCCCCC/C=C/CCCC)COP(=O)(O)OCCN. The molecule has 0 aromatic rings. The summed E-state index contributed by atoms with van der Waals surface area (Å²) in [6.45, 7) is 3.50. The fourth-order valence-electron chi connectivity index (χ4n) is 4.70. The van der Waals surface area contributed by atoms with Gasteiger partial charge in [0.2, 0.25) is 0 Å². The van der Waals surface area contributed by atoms with Crippen molar-refractivity contribution in [1.29, 1.82) is 0 Å². The van der Waals surface area contributed by atoms with Gasteiger partial charge in [-0.2, -0.15) is 0 Å². The number of phosphoric ester groups is 1. The van der Waals surface area contributed by atoms with Crippen LogP contribution in [0, 0.1) is 0 Å². The van der Waals surface area contributed by atoms with Crippen molar-refractivity contribution in [3.8, 4) is 0 Å². The molecule has 0 radical (unpaired) electrons. The molecule has 51 heavy (non-hydrogen) atoms. The van der Waals surface area contributed by atoms with Gasteiger partial charge >= 0.3 is 19.8 Å². The highest BCUT2D eigenvalue weighted by atomic mass is 31.2. The molecule has 0 heterocycles. The second-order valence-electron chi connectivity index (χ2n) is 12.4. The number of allylic oxidation sites excluding steroid dienone is 12. The Morgan fingerprint density at radius 3 is 1.65 bits per heavy atom. The van der Waals surface area contributed by atoms with E-state index >= 15 is 0 Å². The molecule has 0 fully saturated rings. The van der Waals surface area contributed by atoms with Gasteiger partial charge in [-0.15, -0.1) is 0 Å². The highest BCUT2D eigenvalue weighted by molar-refractivity contribution is 7.47. The van der Waals surface area contributed by atoms with Crippen molar-refractivity contribution in [3.63, 3.8) is 0 Å². The maximum absolute atomic E-state index is 12.5. The van der Waals surface area contributed by atoms with Crippen LogP contribution in [0.2, 0.25) is 0 Å². The molecule has 0 saturated heterocycles. The third kappa shape index (κ3) is 37.0. The smallest absolute Gasteiger partial charge is 0.462 e. The van der Waals surface area contributed by atoms with Gasteiger partial charge in [0.15, 0.2) is 6.10 Å². The largest absolute Gasteiger partial charge is 0.472 e. The van der Waals surface area contributed by atoms with E-state index < -0.39 is 32.5 Å². The van der Waals surface area contributed by atoms with Crippen molar-refractivity contribution < 1.29 is 37.6 Å². The Morgan fingerprint density at radius 1 is 0.608 bits per heavy atom. The predicted octanol–water partition coefficient (Wildman–Crippen LogP) is 10.7. The van der Waals surface area contributed by atoms with Crippen molar-refractivity contribution in [3.05, 3.63) is 72.9 Å². The molecule has 0 saturated carbocycles. The molecule has 1 unspecified atom stereocenters. The molecule has 3 N–H and O–H groups in total. The Hall–Kier alpha value is -2.55. The molecule has 2 atom stereocenters. The lowest BCUT2D eigenvalue weighted by Crippen LogP contribution is -2.29. The molecule has 0 aromatic heterocycles. The van der Waals surface area contributed by atoms with Crippen LogP contribution in [0.5, 0.6) is 0 Å². The first kappa shape index (κ1) is 48.5. The summed E-state index contributed by atoms with van der Waals surface area (Å²) in [4.78, 5) is 34.7. The summed E-state index contributed by atoms with van der Waals surface area (Å²) in [5, 5.41) is 0. The van der Waals surface area contributed by atoms with Crippen LogP contribution in [-0.2, 0) is 32.7 Å². The number of hydrogen-bond acceptors (Lipinski definition) is 8. The summed E-state index contributed by atoms with van der Waals surface area (Å²) in [5.41, 5.74) is 5.33. The molecule has 0 amide bonds. The number of rotatable bonds is 35. The van der Waals surface area contributed by atoms with Gasteiger partial charge in [0.1, 0.15) is 6.61 Å². The van der Waals surface area contributed by atoms with Gasteiger partial charge in [0.05, 0.1) is 13.2 Å². The predicted molar refractivity (Wildman–Crippen MR) is 210 cm³/mol. The van der Waals surface area contributed by atoms with E-state index in [1.54, 1.807) is 0 Å². The molecular weight excluding hydrogens is 665 g/mol. The van der Waals surface area contributed by atoms with Crippen LogP contribution in [0.1, 0.15) is 142 Å². The summed E-state index contributed by atoms with van der Waals surface area (Å²) in [5.74, 6) is -0.887. The first-order valence-electron chi connectivity index (χ1n) is 19.4. The third-order valence-corrected chi connectivity index (χ3v) is 8.56. The van der Waals surface area contributed by atoms with Gasteiger partial charge in [-0.25, -0.2) is 4.57 Å². The van der Waals surface area contributed by atoms with Crippen LogP contribution in [-0.4, -0.2) is 49.3 Å². The third-order valence-electron chi connectivity index (χ3n) is 7.58. The van der Waals surface area contributed by atoms with Crippen LogP contribution in [0.15, 0.2) is 72.9 Å². The molecule has 9 nitrogen and oxygen atoms in total. The van der Waals surface area contributed by atoms with Gasteiger partial charge in [-0.1, -0.05) is 125 Å². The number of nitrogens with two attached hydrogens (primary N) is 1. The van der Waals surface area contributed by atoms with E-state index in [0.717, 1.165) is 89.9 Å². The minimum atomic E-state index is -4.39. The molecule has 0 spiro atoms. The molecular formula is C41H70NO8P. The van der Waals surface area contributed by atoms with Gasteiger partial charge < -0.3 is 20.1 Å². The van der Waals surface area contributed by atoms with Crippen molar-refractivity contribution in [2.24, 2.45) is 5.73 Å². The maximum Gasteiger partial charge on any atom is 0.472 e. The number of carbonyl (C=O) groups is 2. The fraction of sp³-hybridized carbons (Fsp3) is 0.659. The van der Waals surface area contributed by atoms with E-state index in [9.17, 15) is 19.0 Å². The normalized spacial score (nSPS) is 14.2. The number of phosphoric acid groups is 1. The quantitative estimate of drug-likeness (QED) is 0.0282. The topological polar surface area (TPSA) is 134 Å². The maximum atomic E-state index is 12.5. The zero-order chi connectivity index (χ0) is 37.5. The molecule has 0 aromatic carbocycles. The fourth-order valence-corrected chi connectivity index (χ4v) is 5.46. The van der Waals surface area contributed by atoms with Crippen molar-refractivity contribution in [2.45, 2.75) is 148 Å². The minimum absolute atomic E-state index is 0.0428. The number of esters is 2. The van der Waals surface area contributed by atoms with Crippen molar-refractivity contribution in [2.75, 3.05) is 26.4 Å². The summed E-state index contributed by atoms with van der Waals surface area (Å²) in [7, 11) is -4.39. The summed E-state index contributed by atoms with van der Waals surface area (Å²) in [6, 6.07) is 0. The zero-order valence-electron chi connectivity index (χ0n) is 31.8. The lowest BCUT2D eigenvalue weighted by Gasteiger charge is -2.19. The molecule has 0 aliphatic heterocycles. The van der Waals surface area contributed by atoms with Gasteiger partial charge in [0.25, 0.3) is 0 Å². The first-order valence-corrected chi connectivity index (χ1v) is 20.9. The van der Waals surface area contributed by atoms with Crippen LogP contribution in [0.3, 0.4) is 0 Å². The number of hydrogen-bond donors (Lipinski definition) is 2. The van der Waals surface area contributed by atoms with Gasteiger partial charge in [-0.3, -0.25) is 18.6 Å². The average molecular weight is 736 g/mol. The summed E-state index contributed by atoms with van der Waals surface area (Å²) in [6.07, 6.45) is 43.6. The highest BCUT2D eigenvalue weighted by Gasteiger charge is 2.25. The lowest BCUT2D eigenvalue weighted by molar-refractivity contribution is -0.161. The van der Waals surface area contributed by atoms with E-state index in [1.807, 2.05) is 0 Å².